The van der Waals surface area contributed by atoms with Crippen LogP contribution < -0.4 is 4.74 Å². The molecule has 0 amide bonds. The number of hydrogen-bond acceptors (Lipinski definition) is 5. The van der Waals surface area contributed by atoms with Crippen molar-refractivity contribution < 1.29 is 14.1 Å². The molecule has 1 aromatic carbocycles. The van der Waals surface area contributed by atoms with Crippen LogP contribution in [0, 0.1) is 0 Å². The van der Waals surface area contributed by atoms with E-state index in [0.717, 1.165) is 17.7 Å². The Hall–Kier alpha value is -2.17. The SMILES string of the molecule is CC(=O)CCc1ccc(OCc2nc(C(C)C)no2)cc1. The highest BCUT2D eigenvalue weighted by Crippen LogP contribution is 2.16. The van der Waals surface area contributed by atoms with Crippen molar-refractivity contribution in [3.8, 4) is 5.75 Å². The smallest absolute Gasteiger partial charge is 0.264 e. The molecule has 1 aromatic heterocycles. The van der Waals surface area contributed by atoms with Crippen molar-refractivity contribution in [3.63, 3.8) is 0 Å². The predicted molar refractivity (Wildman–Crippen MR) is 78.2 cm³/mol. The zero-order chi connectivity index (χ0) is 15.2. The van der Waals surface area contributed by atoms with Crippen LogP contribution in [-0.4, -0.2) is 15.9 Å². The Morgan fingerprint density at radius 3 is 2.57 bits per heavy atom. The molecule has 0 bridgehead atoms. The molecule has 0 unspecified atom stereocenters. The monoisotopic (exact) mass is 288 g/mol. The Bertz CT molecular complexity index is 588. The van der Waals surface area contributed by atoms with Crippen LogP contribution >= 0.6 is 0 Å². The molecule has 112 valence electrons. The maximum atomic E-state index is 10.9. The van der Waals surface area contributed by atoms with Crippen molar-refractivity contribution in [3.05, 3.63) is 41.5 Å². The van der Waals surface area contributed by atoms with Gasteiger partial charge in [-0.05, 0) is 31.0 Å². The summed E-state index contributed by atoms with van der Waals surface area (Å²) in [5.74, 6) is 2.34. The largest absolute Gasteiger partial charge is 0.484 e. The van der Waals surface area contributed by atoms with Crippen LogP contribution in [0.4, 0.5) is 0 Å². The van der Waals surface area contributed by atoms with Gasteiger partial charge in [0.2, 0.25) is 0 Å². The number of rotatable bonds is 7. The molecule has 0 saturated heterocycles. The molecule has 1 heterocycles. The molecule has 0 N–H and O–H groups in total. The standard InChI is InChI=1S/C16H20N2O3/c1-11(2)16-17-15(21-18-16)10-20-14-8-6-13(7-9-14)5-4-12(3)19/h6-9,11H,4-5,10H2,1-3H3. The van der Waals surface area contributed by atoms with Gasteiger partial charge in [-0.25, -0.2) is 0 Å². The highest BCUT2D eigenvalue weighted by molar-refractivity contribution is 5.75. The van der Waals surface area contributed by atoms with Crippen LogP contribution in [0.1, 0.15) is 50.4 Å². The van der Waals surface area contributed by atoms with Crippen LogP contribution in [-0.2, 0) is 17.8 Å². The van der Waals surface area contributed by atoms with Gasteiger partial charge in [0.15, 0.2) is 12.4 Å². The van der Waals surface area contributed by atoms with Gasteiger partial charge in [0.1, 0.15) is 11.5 Å². The van der Waals surface area contributed by atoms with E-state index in [0.29, 0.717) is 18.1 Å². The molecule has 0 aliphatic rings. The second kappa shape index (κ2) is 7.02. The molecular weight excluding hydrogens is 268 g/mol. The molecule has 0 fully saturated rings. The van der Waals surface area contributed by atoms with Crippen molar-refractivity contribution in [2.75, 3.05) is 0 Å². The third-order valence-electron chi connectivity index (χ3n) is 3.05. The summed E-state index contributed by atoms with van der Waals surface area (Å²) < 4.78 is 10.7. The normalized spacial score (nSPS) is 10.9. The van der Waals surface area contributed by atoms with E-state index in [-0.39, 0.29) is 18.3 Å². The lowest BCUT2D eigenvalue weighted by atomic mass is 10.1. The number of aryl methyl sites for hydroxylation is 1. The van der Waals surface area contributed by atoms with Gasteiger partial charge in [0, 0.05) is 12.3 Å². The summed E-state index contributed by atoms with van der Waals surface area (Å²) in [7, 11) is 0. The van der Waals surface area contributed by atoms with Crippen LogP contribution in [0.5, 0.6) is 5.75 Å². The number of aromatic nitrogens is 2. The summed E-state index contributed by atoms with van der Waals surface area (Å²) in [5.41, 5.74) is 1.12. The van der Waals surface area contributed by atoms with Gasteiger partial charge in [-0.15, -0.1) is 0 Å². The molecule has 5 nitrogen and oxygen atoms in total. The number of nitrogens with zero attached hydrogens (tertiary/aromatic N) is 2. The summed E-state index contributed by atoms with van der Waals surface area (Å²) in [4.78, 5) is 15.2. The van der Waals surface area contributed by atoms with E-state index >= 15 is 0 Å². The van der Waals surface area contributed by atoms with Gasteiger partial charge < -0.3 is 14.1 Å². The first kappa shape index (κ1) is 15.2. The quantitative estimate of drug-likeness (QED) is 0.782. The number of carbonyl (C=O) groups is 1. The summed E-state index contributed by atoms with van der Waals surface area (Å²) in [6.07, 6.45) is 1.33. The number of ether oxygens (including phenoxy) is 1. The van der Waals surface area contributed by atoms with Crippen molar-refractivity contribution in [2.24, 2.45) is 0 Å². The van der Waals surface area contributed by atoms with Gasteiger partial charge in [0.05, 0.1) is 0 Å². The fraction of sp³-hybridized carbons (Fsp3) is 0.438. The van der Waals surface area contributed by atoms with Gasteiger partial charge in [-0.3, -0.25) is 0 Å². The van der Waals surface area contributed by atoms with E-state index in [2.05, 4.69) is 10.1 Å². The Labute approximate surface area is 124 Å². The zero-order valence-corrected chi connectivity index (χ0v) is 12.6. The molecule has 0 radical (unpaired) electrons. The summed E-state index contributed by atoms with van der Waals surface area (Å²) in [6.45, 7) is 5.88. The molecule has 0 spiro atoms. The number of ketones is 1. The van der Waals surface area contributed by atoms with E-state index < -0.39 is 0 Å². The summed E-state index contributed by atoms with van der Waals surface area (Å²) >= 11 is 0. The molecule has 0 atom stereocenters. The van der Waals surface area contributed by atoms with Gasteiger partial charge in [0.25, 0.3) is 5.89 Å². The van der Waals surface area contributed by atoms with Gasteiger partial charge in [-0.2, -0.15) is 4.98 Å². The summed E-state index contributed by atoms with van der Waals surface area (Å²) in [6, 6.07) is 7.70. The highest BCUT2D eigenvalue weighted by atomic mass is 16.5. The maximum Gasteiger partial charge on any atom is 0.264 e. The minimum Gasteiger partial charge on any atom is -0.484 e. The second-order valence-corrected chi connectivity index (χ2v) is 5.34. The van der Waals surface area contributed by atoms with Crippen LogP contribution in [0.25, 0.3) is 0 Å². The molecule has 5 heteroatoms. The Kier molecular flexibility index (Phi) is 5.09. The molecule has 2 rings (SSSR count). The number of benzene rings is 1. The predicted octanol–water partition coefficient (Wildman–Crippen LogP) is 3.29. The van der Waals surface area contributed by atoms with E-state index in [1.165, 1.54) is 0 Å². The minimum absolute atomic E-state index is 0.202. The first-order chi connectivity index (χ1) is 10.0. The third kappa shape index (κ3) is 4.70. The zero-order valence-electron chi connectivity index (χ0n) is 12.6. The summed E-state index contributed by atoms with van der Waals surface area (Å²) in [5, 5.41) is 3.88. The van der Waals surface area contributed by atoms with E-state index in [4.69, 9.17) is 9.26 Å². The Balaban J connectivity index is 1.86. The fourth-order valence-corrected chi connectivity index (χ4v) is 1.78. The average molecular weight is 288 g/mol. The second-order valence-electron chi connectivity index (χ2n) is 5.34. The fourth-order valence-electron chi connectivity index (χ4n) is 1.78. The number of hydrogen-bond donors (Lipinski definition) is 0. The molecule has 2 aromatic rings. The minimum atomic E-state index is 0.202. The van der Waals surface area contributed by atoms with Gasteiger partial charge in [-0.1, -0.05) is 31.1 Å². The van der Waals surface area contributed by atoms with Crippen LogP contribution in [0.15, 0.2) is 28.8 Å². The first-order valence-corrected chi connectivity index (χ1v) is 7.08. The van der Waals surface area contributed by atoms with Crippen molar-refractivity contribution in [1.29, 1.82) is 0 Å². The lowest BCUT2D eigenvalue weighted by Gasteiger charge is -2.04. The Morgan fingerprint density at radius 1 is 1.29 bits per heavy atom. The van der Waals surface area contributed by atoms with Gasteiger partial charge >= 0.3 is 0 Å². The van der Waals surface area contributed by atoms with Crippen LogP contribution in [0.2, 0.25) is 0 Å². The average Bonchev–Trinajstić information content (AvgIpc) is 2.93. The molecule has 0 saturated carbocycles. The van der Waals surface area contributed by atoms with E-state index in [1.807, 2.05) is 38.1 Å². The number of Topliss-reactive ketones (excluding diaryl/α,β-unsaturated/α-hetero) is 1. The highest BCUT2D eigenvalue weighted by Gasteiger charge is 2.09. The Morgan fingerprint density at radius 2 is 2.00 bits per heavy atom. The van der Waals surface area contributed by atoms with E-state index in [9.17, 15) is 4.79 Å². The van der Waals surface area contributed by atoms with Crippen molar-refractivity contribution in [1.82, 2.24) is 10.1 Å². The topological polar surface area (TPSA) is 65.2 Å². The lowest BCUT2D eigenvalue weighted by molar-refractivity contribution is -0.116. The molecule has 0 aliphatic carbocycles. The first-order valence-electron chi connectivity index (χ1n) is 7.08. The lowest BCUT2D eigenvalue weighted by Crippen LogP contribution is -1.97. The van der Waals surface area contributed by atoms with Crippen LogP contribution in [0.3, 0.4) is 0 Å². The third-order valence-corrected chi connectivity index (χ3v) is 3.05. The molecule has 21 heavy (non-hydrogen) atoms. The van der Waals surface area contributed by atoms with E-state index in [1.54, 1.807) is 6.92 Å². The number of carbonyl (C=O) groups excluding carboxylic acids is 1. The van der Waals surface area contributed by atoms with Crippen molar-refractivity contribution in [2.45, 2.75) is 46.1 Å². The molecular formula is C16H20N2O3. The molecule has 0 aliphatic heterocycles. The van der Waals surface area contributed by atoms with Crippen molar-refractivity contribution >= 4 is 5.78 Å². The maximum absolute atomic E-state index is 10.9.